The van der Waals surface area contributed by atoms with E-state index in [9.17, 15) is 4.79 Å². The number of aromatic nitrogens is 1. The maximum atomic E-state index is 12.5. The van der Waals surface area contributed by atoms with Crippen LogP contribution in [0.25, 0.3) is 0 Å². The number of amides is 1. The third kappa shape index (κ3) is 2.81. The molecule has 1 atom stereocenters. The van der Waals surface area contributed by atoms with E-state index in [1.165, 1.54) is 19.2 Å². The van der Waals surface area contributed by atoms with E-state index in [2.05, 4.69) is 10.3 Å². The zero-order valence-corrected chi connectivity index (χ0v) is 11.4. The third-order valence-electron chi connectivity index (χ3n) is 4.02. The van der Waals surface area contributed by atoms with Gasteiger partial charge in [0.2, 0.25) is 5.76 Å². The van der Waals surface area contributed by atoms with E-state index in [-0.39, 0.29) is 5.91 Å². The molecule has 1 aliphatic carbocycles. The smallest absolute Gasteiger partial charge is 0.291 e. The standard InChI is InChI=1S/C14H21N3O2/c1-10-13(19-9-16-10)14(18)17(12-5-6-12)8-11-4-2-3-7-15-11/h9,11-12,15H,2-8H2,1H3. The van der Waals surface area contributed by atoms with Gasteiger partial charge in [-0.15, -0.1) is 0 Å². The topological polar surface area (TPSA) is 58.4 Å². The van der Waals surface area contributed by atoms with Crippen molar-refractivity contribution >= 4 is 5.91 Å². The molecule has 1 N–H and O–H groups in total. The monoisotopic (exact) mass is 263 g/mol. The molecule has 1 amide bonds. The van der Waals surface area contributed by atoms with Gasteiger partial charge in [-0.2, -0.15) is 0 Å². The Morgan fingerprint density at radius 2 is 2.32 bits per heavy atom. The van der Waals surface area contributed by atoms with Gasteiger partial charge >= 0.3 is 0 Å². The van der Waals surface area contributed by atoms with Crippen LogP contribution in [-0.4, -0.2) is 41.0 Å². The number of oxazole rings is 1. The fraction of sp³-hybridized carbons (Fsp3) is 0.714. The van der Waals surface area contributed by atoms with E-state index in [4.69, 9.17) is 4.42 Å². The minimum absolute atomic E-state index is 0.00451. The molecule has 0 bridgehead atoms. The second-order valence-corrected chi connectivity index (χ2v) is 5.60. The van der Waals surface area contributed by atoms with Crippen molar-refractivity contribution in [3.8, 4) is 0 Å². The molecule has 1 saturated carbocycles. The molecule has 2 aliphatic rings. The number of nitrogens with zero attached hydrogens (tertiary/aromatic N) is 2. The summed E-state index contributed by atoms with van der Waals surface area (Å²) in [5.41, 5.74) is 0.687. The summed E-state index contributed by atoms with van der Waals surface area (Å²) < 4.78 is 5.25. The molecule has 2 heterocycles. The van der Waals surface area contributed by atoms with Crippen molar-refractivity contribution in [1.29, 1.82) is 0 Å². The Kier molecular flexibility index (Phi) is 3.55. The lowest BCUT2D eigenvalue weighted by atomic mass is 10.0. The molecule has 1 saturated heterocycles. The molecule has 0 aromatic carbocycles. The molecule has 19 heavy (non-hydrogen) atoms. The Balaban J connectivity index is 1.70. The van der Waals surface area contributed by atoms with Gasteiger partial charge in [0.1, 0.15) is 0 Å². The Hall–Kier alpha value is -1.36. The van der Waals surface area contributed by atoms with Crippen LogP contribution in [0, 0.1) is 6.92 Å². The number of rotatable bonds is 4. The number of aryl methyl sites for hydroxylation is 1. The molecule has 2 fully saturated rings. The zero-order chi connectivity index (χ0) is 13.2. The lowest BCUT2D eigenvalue weighted by molar-refractivity contribution is 0.0684. The summed E-state index contributed by atoms with van der Waals surface area (Å²) >= 11 is 0. The number of hydrogen-bond donors (Lipinski definition) is 1. The molecule has 3 rings (SSSR count). The molecular formula is C14H21N3O2. The molecule has 1 aromatic heterocycles. The summed E-state index contributed by atoms with van der Waals surface area (Å²) in [6.07, 6.45) is 7.25. The lowest BCUT2D eigenvalue weighted by Crippen LogP contribution is -2.46. The Morgan fingerprint density at radius 3 is 2.89 bits per heavy atom. The van der Waals surface area contributed by atoms with Gasteiger partial charge in [0.15, 0.2) is 6.39 Å². The van der Waals surface area contributed by atoms with Crippen LogP contribution >= 0.6 is 0 Å². The van der Waals surface area contributed by atoms with E-state index in [1.54, 1.807) is 0 Å². The molecule has 1 aromatic rings. The summed E-state index contributed by atoms with van der Waals surface area (Å²) in [5, 5.41) is 3.51. The number of nitrogens with one attached hydrogen (secondary N) is 1. The van der Waals surface area contributed by atoms with Crippen molar-refractivity contribution in [2.24, 2.45) is 0 Å². The number of piperidine rings is 1. The fourth-order valence-electron chi connectivity index (χ4n) is 2.74. The Morgan fingerprint density at radius 1 is 1.47 bits per heavy atom. The van der Waals surface area contributed by atoms with Gasteiger partial charge in [0.25, 0.3) is 5.91 Å². The summed E-state index contributed by atoms with van der Waals surface area (Å²) in [6.45, 7) is 3.68. The van der Waals surface area contributed by atoms with E-state index in [1.807, 2.05) is 11.8 Å². The summed E-state index contributed by atoms with van der Waals surface area (Å²) in [4.78, 5) is 18.5. The first kappa shape index (κ1) is 12.7. The van der Waals surface area contributed by atoms with Crippen LogP contribution in [0.4, 0.5) is 0 Å². The Labute approximate surface area is 113 Å². The third-order valence-corrected chi connectivity index (χ3v) is 4.02. The molecule has 1 aliphatic heterocycles. The normalized spacial score (nSPS) is 23.3. The predicted molar refractivity (Wildman–Crippen MR) is 70.9 cm³/mol. The van der Waals surface area contributed by atoms with Gasteiger partial charge in [0.05, 0.1) is 5.69 Å². The summed E-state index contributed by atoms with van der Waals surface area (Å²) in [5.74, 6) is 0.410. The van der Waals surface area contributed by atoms with Crippen LogP contribution in [0.5, 0.6) is 0 Å². The highest BCUT2D eigenvalue weighted by Gasteiger charge is 2.36. The first-order valence-electron chi connectivity index (χ1n) is 7.20. The minimum Gasteiger partial charge on any atom is -0.438 e. The van der Waals surface area contributed by atoms with E-state index >= 15 is 0 Å². The second-order valence-electron chi connectivity index (χ2n) is 5.60. The molecule has 104 valence electrons. The molecular weight excluding hydrogens is 242 g/mol. The van der Waals surface area contributed by atoms with Crippen LogP contribution in [-0.2, 0) is 0 Å². The zero-order valence-electron chi connectivity index (χ0n) is 11.4. The highest BCUT2D eigenvalue weighted by Crippen LogP contribution is 2.29. The van der Waals surface area contributed by atoms with Crippen molar-refractivity contribution < 1.29 is 9.21 Å². The van der Waals surface area contributed by atoms with Crippen molar-refractivity contribution in [2.75, 3.05) is 13.1 Å². The highest BCUT2D eigenvalue weighted by atomic mass is 16.3. The quantitative estimate of drug-likeness (QED) is 0.898. The van der Waals surface area contributed by atoms with Crippen molar-refractivity contribution in [2.45, 2.75) is 51.1 Å². The summed E-state index contributed by atoms with van der Waals surface area (Å²) in [6, 6.07) is 0.835. The van der Waals surface area contributed by atoms with Gasteiger partial charge in [-0.05, 0) is 39.2 Å². The van der Waals surface area contributed by atoms with Crippen LogP contribution in [0.15, 0.2) is 10.8 Å². The first-order valence-corrected chi connectivity index (χ1v) is 7.20. The molecule has 1 unspecified atom stereocenters. The highest BCUT2D eigenvalue weighted by molar-refractivity contribution is 5.92. The van der Waals surface area contributed by atoms with Crippen molar-refractivity contribution in [3.63, 3.8) is 0 Å². The number of carbonyl (C=O) groups excluding carboxylic acids is 1. The molecule has 0 radical (unpaired) electrons. The van der Waals surface area contributed by atoms with Crippen LogP contribution in [0.2, 0.25) is 0 Å². The van der Waals surface area contributed by atoms with Crippen LogP contribution < -0.4 is 5.32 Å². The number of carbonyl (C=O) groups is 1. The maximum absolute atomic E-state index is 12.5. The average Bonchev–Trinajstić information content (AvgIpc) is 3.18. The largest absolute Gasteiger partial charge is 0.438 e. The van der Waals surface area contributed by atoms with Crippen LogP contribution in [0.1, 0.15) is 48.4 Å². The maximum Gasteiger partial charge on any atom is 0.291 e. The SMILES string of the molecule is Cc1ncoc1C(=O)N(CC1CCCCN1)C1CC1. The van der Waals surface area contributed by atoms with E-state index in [0.717, 1.165) is 32.4 Å². The van der Waals surface area contributed by atoms with Gasteiger partial charge < -0.3 is 14.6 Å². The van der Waals surface area contributed by atoms with Gasteiger partial charge in [-0.25, -0.2) is 4.98 Å². The molecule has 5 nitrogen and oxygen atoms in total. The predicted octanol–water partition coefficient (Wildman–Crippen LogP) is 1.73. The van der Waals surface area contributed by atoms with Crippen LogP contribution in [0.3, 0.4) is 0 Å². The minimum atomic E-state index is 0.00451. The van der Waals surface area contributed by atoms with Crippen molar-refractivity contribution in [3.05, 3.63) is 17.8 Å². The average molecular weight is 263 g/mol. The Bertz CT molecular complexity index is 447. The molecule has 0 spiro atoms. The molecule has 5 heteroatoms. The lowest BCUT2D eigenvalue weighted by Gasteiger charge is -2.30. The van der Waals surface area contributed by atoms with E-state index in [0.29, 0.717) is 23.5 Å². The van der Waals surface area contributed by atoms with E-state index < -0.39 is 0 Å². The fourth-order valence-corrected chi connectivity index (χ4v) is 2.74. The van der Waals surface area contributed by atoms with Crippen molar-refractivity contribution in [1.82, 2.24) is 15.2 Å². The summed E-state index contributed by atoms with van der Waals surface area (Å²) in [7, 11) is 0. The number of hydrogen-bond acceptors (Lipinski definition) is 4. The van der Waals surface area contributed by atoms with Gasteiger partial charge in [0, 0.05) is 18.6 Å². The van der Waals surface area contributed by atoms with Gasteiger partial charge in [-0.3, -0.25) is 4.79 Å². The second kappa shape index (κ2) is 5.33. The van der Waals surface area contributed by atoms with Gasteiger partial charge in [-0.1, -0.05) is 6.42 Å². The first-order chi connectivity index (χ1) is 9.25.